The Morgan fingerprint density at radius 2 is 1.50 bits per heavy atom. The van der Waals surface area contributed by atoms with Crippen LogP contribution >= 0.6 is 0 Å². The Labute approximate surface area is 77.9 Å². The first-order chi connectivity index (χ1) is 5.79. The van der Waals surface area contributed by atoms with Crippen LogP contribution < -0.4 is 0 Å². The molecule has 0 aromatic heterocycles. The van der Waals surface area contributed by atoms with E-state index in [0.717, 1.165) is 5.69 Å². The van der Waals surface area contributed by atoms with Gasteiger partial charge in [-0.3, -0.25) is 0 Å². The highest BCUT2D eigenvalue weighted by atomic mass is 32.2. The second kappa shape index (κ2) is 7.04. The standard InChI is InChI=1S/C8H11NS.C2H6/c1-10(2)9-8-6-4-3-5-7-8;1-2/h3-7H,1-2H3;1-2H3. The molecule has 2 heteroatoms. The molecule has 1 rings (SSSR count). The first-order valence-corrected chi connectivity index (χ1v) is 6.13. The Morgan fingerprint density at radius 1 is 1.00 bits per heavy atom. The van der Waals surface area contributed by atoms with Crippen molar-refractivity contribution in [3.8, 4) is 0 Å². The third-order valence-corrected chi connectivity index (χ3v) is 1.62. The highest BCUT2D eigenvalue weighted by molar-refractivity contribution is 7.85. The molecule has 0 fully saturated rings. The van der Waals surface area contributed by atoms with Crippen molar-refractivity contribution in [3.63, 3.8) is 0 Å². The molecule has 0 N–H and O–H groups in total. The van der Waals surface area contributed by atoms with Gasteiger partial charge in [0.1, 0.15) is 0 Å². The van der Waals surface area contributed by atoms with Crippen molar-refractivity contribution in [3.05, 3.63) is 30.3 Å². The minimum absolute atomic E-state index is 0.158. The zero-order chi connectivity index (χ0) is 9.40. The van der Waals surface area contributed by atoms with Crippen LogP contribution in [-0.4, -0.2) is 12.5 Å². The smallest absolute Gasteiger partial charge is 0.0702 e. The summed E-state index contributed by atoms with van der Waals surface area (Å²) in [5.41, 5.74) is 1.08. The van der Waals surface area contributed by atoms with Gasteiger partial charge in [-0.15, -0.1) is 10.7 Å². The van der Waals surface area contributed by atoms with Gasteiger partial charge in [-0.25, -0.2) is 4.36 Å². The summed E-state index contributed by atoms with van der Waals surface area (Å²) in [6.07, 6.45) is 4.21. The number of rotatable bonds is 1. The molecular weight excluding hydrogens is 166 g/mol. The molecule has 0 saturated carbocycles. The maximum absolute atomic E-state index is 4.39. The minimum Gasteiger partial charge on any atom is -0.229 e. The molecule has 0 spiro atoms. The lowest BCUT2D eigenvalue weighted by Gasteiger charge is -1.92. The highest BCUT2D eigenvalue weighted by Crippen LogP contribution is 2.09. The van der Waals surface area contributed by atoms with Gasteiger partial charge >= 0.3 is 0 Å². The molecule has 0 amide bonds. The van der Waals surface area contributed by atoms with Crippen LogP contribution in [-0.2, 0) is 10.7 Å². The summed E-state index contributed by atoms with van der Waals surface area (Å²) in [6.45, 7) is 4.00. The molecule has 0 atom stereocenters. The van der Waals surface area contributed by atoms with E-state index in [-0.39, 0.29) is 10.7 Å². The van der Waals surface area contributed by atoms with Crippen LogP contribution in [0.2, 0.25) is 0 Å². The number of hydrogen-bond acceptors (Lipinski definition) is 1. The lowest BCUT2D eigenvalue weighted by Crippen LogP contribution is -1.75. The SMILES string of the molecule is CC.CS(C)=Nc1ccccc1. The Hall–Kier alpha value is -0.630. The summed E-state index contributed by atoms with van der Waals surface area (Å²) in [5, 5.41) is 0. The Kier molecular flexibility index (Phi) is 6.67. The van der Waals surface area contributed by atoms with E-state index in [1.807, 2.05) is 44.2 Å². The van der Waals surface area contributed by atoms with Crippen molar-refractivity contribution in [1.29, 1.82) is 0 Å². The largest absolute Gasteiger partial charge is 0.229 e. The fraction of sp³-hybridized carbons (Fsp3) is 0.400. The molecule has 1 aromatic rings. The third-order valence-electron chi connectivity index (χ3n) is 1.04. The van der Waals surface area contributed by atoms with Crippen molar-refractivity contribution in [1.82, 2.24) is 0 Å². The molecule has 0 radical (unpaired) electrons. The lowest BCUT2D eigenvalue weighted by molar-refractivity contribution is 1.50. The first-order valence-electron chi connectivity index (χ1n) is 4.13. The molecule has 1 aromatic carbocycles. The minimum atomic E-state index is 0.158. The fourth-order valence-corrected chi connectivity index (χ4v) is 1.24. The van der Waals surface area contributed by atoms with Crippen LogP contribution in [0.15, 0.2) is 34.7 Å². The maximum atomic E-state index is 4.39. The van der Waals surface area contributed by atoms with Crippen molar-refractivity contribution in [2.75, 3.05) is 12.5 Å². The van der Waals surface area contributed by atoms with E-state index in [1.54, 1.807) is 0 Å². The topological polar surface area (TPSA) is 12.4 Å². The fourth-order valence-electron chi connectivity index (χ4n) is 0.700. The zero-order valence-electron chi connectivity index (χ0n) is 8.24. The van der Waals surface area contributed by atoms with Crippen molar-refractivity contribution < 1.29 is 0 Å². The average molecular weight is 183 g/mol. The van der Waals surface area contributed by atoms with Gasteiger partial charge in [-0.05, 0) is 24.6 Å². The van der Waals surface area contributed by atoms with Gasteiger partial charge in [0, 0.05) is 0 Å². The summed E-state index contributed by atoms with van der Waals surface area (Å²) in [7, 11) is 0.158. The second-order valence-electron chi connectivity index (χ2n) is 2.20. The first kappa shape index (κ1) is 11.4. The van der Waals surface area contributed by atoms with Gasteiger partial charge in [0.15, 0.2) is 0 Å². The van der Waals surface area contributed by atoms with Crippen LogP contribution in [0.5, 0.6) is 0 Å². The third kappa shape index (κ3) is 5.08. The predicted molar refractivity (Wildman–Crippen MR) is 59.1 cm³/mol. The van der Waals surface area contributed by atoms with Crippen LogP contribution in [0.25, 0.3) is 0 Å². The van der Waals surface area contributed by atoms with Gasteiger partial charge in [-0.1, -0.05) is 32.0 Å². The quantitative estimate of drug-likeness (QED) is 0.632. The number of nitrogens with zero attached hydrogens (tertiary/aromatic N) is 1. The molecule has 0 bridgehead atoms. The van der Waals surface area contributed by atoms with E-state index < -0.39 is 0 Å². The van der Waals surface area contributed by atoms with Gasteiger partial charge in [-0.2, -0.15) is 0 Å². The van der Waals surface area contributed by atoms with E-state index in [2.05, 4.69) is 16.9 Å². The highest BCUT2D eigenvalue weighted by Gasteiger charge is 1.82. The molecule has 0 unspecified atom stereocenters. The second-order valence-corrected chi connectivity index (χ2v) is 3.93. The molecule has 0 aliphatic carbocycles. The van der Waals surface area contributed by atoms with Gasteiger partial charge in [0.25, 0.3) is 0 Å². The lowest BCUT2D eigenvalue weighted by atomic mass is 10.3. The monoisotopic (exact) mass is 183 g/mol. The normalized spacial score (nSPS) is 8.75. The molecule has 0 aliphatic heterocycles. The number of hydrogen-bond donors (Lipinski definition) is 0. The Balaban J connectivity index is 0.000000561. The molecule has 0 heterocycles. The Morgan fingerprint density at radius 3 is 1.92 bits per heavy atom. The average Bonchev–Trinajstić information content (AvgIpc) is 2.08. The summed E-state index contributed by atoms with van der Waals surface area (Å²) < 4.78 is 4.39. The van der Waals surface area contributed by atoms with Crippen molar-refractivity contribution >= 4 is 16.4 Å². The summed E-state index contributed by atoms with van der Waals surface area (Å²) >= 11 is 0. The molecular formula is C10H17NS. The van der Waals surface area contributed by atoms with E-state index in [0.29, 0.717) is 0 Å². The van der Waals surface area contributed by atoms with E-state index in [4.69, 9.17) is 0 Å². The molecule has 12 heavy (non-hydrogen) atoms. The van der Waals surface area contributed by atoms with Crippen LogP contribution in [0.4, 0.5) is 5.69 Å². The molecule has 1 nitrogen and oxygen atoms in total. The van der Waals surface area contributed by atoms with Gasteiger partial charge in [0.2, 0.25) is 0 Å². The molecule has 0 saturated heterocycles. The molecule has 0 aliphatic rings. The summed E-state index contributed by atoms with van der Waals surface area (Å²) in [5.74, 6) is 0. The molecule has 68 valence electrons. The predicted octanol–water partition coefficient (Wildman–Crippen LogP) is 3.41. The van der Waals surface area contributed by atoms with E-state index in [9.17, 15) is 0 Å². The Bertz CT molecular complexity index is 225. The van der Waals surface area contributed by atoms with Crippen LogP contribution in [0.3, 0.4) is 0 Å². The van der Waals surface area contributed by atoms with Crippen molar-refractivity contribution in [2.24, 2.45) is 4.36 Å². The number of benzene rings is 1. The van der Waals surface area contributed by atoms with E-state index >= 15 is 0 Å². The van der Waals surface area contributed by atoms with Crippen LogP contribution in [0.1, 0.15) is 13.8 Å². The summed E-state index contributed by atoms with van der Waals surface area (Å²) in [6, 6.07) is 10.1. The zero-order valence-corrected chi connectivity index (χ0v) is 9.06. The van der Waals surface area contributed by atoms with Crippen LogP contribution in [0, 0.1) is 0 Å². The summed E-state index contributed by atoms with van der Waals surface area (Å²) in [4.78, 5) is 0. The maximum Gasteiger partial charge on any atom is 0.0702 e. The van der Waals surface area contributed by atoms with Gasteiger partial charge in [0.05, 0.1) is 5.69 Å². The van der Waals surface area contributed by atoms with Gasteiger partial charge < -0.3 is 0 Å². The van der Waals surface area contributed by atoms with Crippen molar-refractivity contribution in [2.45, 2.75) is 13.8 Å². The van der Waals surface area contributed by atoms with E-state index in [1.165, 1.54) is 0 Å².